The molecule has 1 aliphatic rings. The van der Waals surface area contributed by atoms with E-state index < -0.39 is 6.10 Å². The van der Waals surface area contributed by atoms with Crippen LogP contribution in [0.25, 0.3) is 0 Å². The summed E-state index contributed by atoms with van der Waals surface area (Å²) in [6.45, 7) is 2.37. The number of rotatable bonds is 3. The van der Waals surface area contributed by atoms with Crippen molar-refractivity contribution in [2.75, 3.05) is 19.6 Å². The molecule has 1 unspecified atom stereocenters. The van der Waals surface area contributed by atoms with E-state index in [1.54, 1.807) is 30.6 Å². The van der Waals surface area contributed by atoms with Crippen LogP contribution in [-0.2, 0) is 0 Å². The highest BCUT2D eigenvalue weighted by molar-refractivity contribution is 5.55. The Balaban J connectivity index is 1.96. The van der Waals surface area contributed by atoms with Gasteiger partial charge in [0, 0.05) is 19.6 Å². The molecule has 0 fully saturated rings. The Bertz CT molecular complexity index is 362. The minimum Gasteiger partial charge on any atom is -0.508 e. The van der Waals surface area contributed by atoms with Crippen LogP contribution in [0, 0.1) is 0 Å². The highest BCUT2D eigenvalue weighted by atomic mass is 16.3. The van der Waals surface area contributed by atoms with E-state index in [0.717, 1.165) is 25.1 Å². The number of aromatic hydroxyl groups is 1. The molecule has 0 aliphatic carbocycles. The largest absolute Gasteiger partial charge is 0.508 e. The minimum atomic E-state index is -0.537. The second-order valence-corrected chi connectivity index (χ2v) is 3.98. The van der Waals surface area contributed by atoms with Crippen LogP contribution >= 0.6 is 0 Å². The Labute approximate surface area is 94.9 Å². The third kappa shape index (κ3) is 2.73. The molecule has 16 heavy (non-hydrogen) atoms. The molecule has 1 heterocycles. The van der Waals surface area contributed by atoms with Crippen molar-refractivity contribution in [1.82, 2.24) is 4.90 Å². The molecule has 2 N–H and O–H groups in total. The monoisotopic (exact) mass is 220 g/mol. The summed E-state index contributed by atoms with van der Waals surface area (Å²) < 4.78 is 0. The summed E-state index contributed by atoms with van der Waals surface area (Å²) in [4.78, 5) is 6.18. The Morgan fingerprint density at radius 1 is 1.31 bits per heavy atom. The van der Waals surface area contributed by atoms with Crippen LogP contribution in [-0.4, -0.2) is 41.1 Å². The average Bonchev–Trinajstić information content (AvgIpc) is 2.31. The van der Waals surface area contributed by atoms with E-state index in [-0.39, 0.29) is 5.75 Å². The topological polar surface area (TPSA) is 56.1 Å². The average molecular weight is 220 g/mol. The van der Waals surface area contributed by atoms with Crippen LogP contribution < -0.4 is 0 Å². The summed E-state index contributed by atoms with van der Waals surface area (Å²) in [7, 11) is 0. The van der Waals surface area contributed by atoms with Crippen LogP contribution in [0.5, 0.6) is 5.75 Å². The smallest absolute Gasteiger partial charge is 0.115 e. The maximum Gasteiger partial charge on any atom is 0.115 e. The van der Waals surface area contributed by atoms with Gasteiger partial charge in [0.25, 0.3) is 0 Å². The third-order valence-corrected chi connectivity index (χ3v) is 2.66. The second kappa shape index (κ2) is 4.99. The van der Waals surface area contributed by atoms with Crippen LogP contribution in [0.15, 0.2) is 29.3 Å². The van der Waals surface area contributed by atoms with Gasteiger partial charge < -0.3 is 15.1 Å². The van der Waals surface area contributed by atoms with E-state index in [4.69, 9.17) is 5.11 Å². The minimum absolute atomic E-state index is 0.218. The molecule has 0 amide bonds. The fourth-order valence-corrected chi connectivity index (χ4v) is 1.76. The lowest BCUT2D eigenvalue weighted by Gasteiger charge is -2.25. The number of β-amino-alcohol motifs (C(OH)–C–C–N with tert-alkyl or cyclic N) is 1. The maximum atomic E-state index is 9.98. The standard InChI is InChI=1S/C12H16N2O2/c15-11-4-2-10(3-5-11)12(16)8-14-7-1-6-13-9-14/h2-5,9,12,15-16H,1,6-8H2. The highest BCUT2D eigenvalue weighted by Crippen LogP contribution is 2.17. The van der Waals surface area contributed by atoms with E-state index >= 15 is 0 Å². The highest BCUT2D eigenvalue weighted by Gasteiger charge is 2.12. The molecule has 0 radical (unpaired) electrons. The van der Waals surface area contributed by atoms with E-state index in [1.165, 1.54) is 0 Å². The molecule has 1 aromatic carbocycles. The molecule has 4 heteroatoms. The Morgan fingerprint density at radius 2 is 2.06 bits per heavy atom. The Hall–Kier alpha value is -1.55. The van der Waals surface area contributed by atoms with Gasteiger partial charge in [0.1, 0.15) is 5.75 Å². The van der Waals surface area contributed by atoms with Crippen molar-refractivity contribution < 1.29 is 10.2 Å². The number of phenols is 1. The van der Waals surface area contributed by atoms with E-state index in [9.17, 15) is 5.11 Å². The van der Waals surface area contributed by atoms with Crippen molar-refractivity contribution in [1.29, 1.82) is 0 Å². The lowest BCUT2D eigenvalue weighted by molar-refractivity contribution is 0.143. The molecule has 1 atom stereocenters. The number of aliphatic hydroxyl groups excluding tert-OH is 1. The van der Waals surface area contributed by atoms with Gasteiger partial charge >= 0.3 is 0 Å². The van der Waals surface area contributed by atoms with Gasteiger partial charge in [0.2, 0.25) is 0 Å². The van der Waals surface area contributed by atoms with Crippen molar-refractivity contribution in [3.05, 3.63) is 29.8 Å². The van der Waals surface area contributed by atoms with E-state index in [0.29, 0.717) is 6.54 Å². The van der Waals surface area contributed by atoms with Gasteiger partial charge in [-0.3, -0.25) is 4.99 Å². The van der Waals surface area contributed by atoms with Gasteiger partial charge in [-0.25, -0.2) is 0 Å². The molecule has 2 rings (SSSR count). The molecular formula is C12H16N2O2. The SMILES string of the molecule is Oc1ccc(C(O)CN2C=NCCC2)cc1. The molecule has 0 saturated carbocycles. The molecule has 1 aromatic rings. The summed E-state index contributed by atoms with van der Waals surface area (Å²) in [5.41, 5.74) is 0.816. The number of aliphatic hydroxyl groups is 1. The van der Waals surface area contributed by atoms with Crippen LogP contribution in [0.3, 0.4) is 0 Å². The summed E-state index contributed by atoms with van der Waals surface area (Å²) in [5, 5.41) is 19.1. The van der Waals surface area contributed by atoms with E-state index in [1.807, 2.05) is 4.90 Å². The predicted molar refractivity (Wildman–Crippen MR) is 62.6 cm³/mol. The van der Waals surface area contributed by atoms with Crippen LogP contribution in [0.4, 0.5) is 0 Å². The molecular weight excluding hydrogens is 204 g/mol. The van der Waals surface area contributed by atoms with Gasteiger partial charge in [-0.2, -0.15) is 0 Å². The van der Waals surface area contributed by atoms with Crippen molar-refractivity contribution in [3.8, 4) is 5.75 Å². The lowest BCUT2D eigenvalue weighted by Crippen LogP contribution is -2.31. The van der Waals surface area contributed by atoms with Gasteiger partial charge in [0.05, 0.1) is 12.4 Å². The van der Waals surface area contributed by atoms with Gasteiger partial charge in [-0.15, -0.1) is 0 Å². The first-order valence-corrected chi connectivity index (χ1v) is 5.47. The van der Waals surface area contributed by atoms with Crippen LogP contribution in [0.1, 0.15) is 18.1 Å². The van der Waals surface area contributed by atoms with Gasteiger partial charge in [-0.05, 0) is 24.1 Å². The van der Waals surface area contributed by atoms with Crippen molar-refractivity contribution in [2.45, 2.75) is 12.5 Å². The Morgan fingerprint density at radius 3 is 2.69 bits per heavy atom. The molecule has 1 aliphatic heterocycles. The molecule has 0 saturated heterocycles. The molecule has 4 nitrogen and oxygen atoms in total. The number of aliphatic imine (C=N–C) groups is 1. The zero-order chi connectivity index (χ0) is 11.4. The lowest BCUT2D eigenvalue weighted by atomic mass is 10.1. The summed E-state index contributed by atoms with van der Waals surface area (Å²) >= 11 is 0. The zero-order valence-electron chi connectivity index (χ0n) is 9.08. The van der Waals surface area contributed by atoms with Crippen molar-refractivity contribution in [2.24, 2.45) is 4.99 Å². The molecule has 0 aromatic heterocycles. The first-order valence-electron chi connectivity index (χ1n) is 5.47. The zero-order valence-corrected chi connectivity index (χ0v) is 9.08. The quantitative estimate of drug-likeness (QED) is 0.803. The molecule has 0 bridgehead atoms. The molecule has 86 valence electrons. The maximum absolute atomic E-state index is 9.98. The van der Waals surface area contributed by atoms with E-state index in [2.05, 4.69) is 4.99 Å². The molecule has 0 spiro atoms. The Kier molecular flexibility index (Phi) is 3.41. The number of nitrogens with zero attached hydrogens (tertiary/aromatic N) is 2. The summed E-state index contributed by atoms with van der Waals surface area (Å²) in [5.74, 6) is 0.218. The predicted octanol–water partition coefficient (Wildman–Crippen LogP) is 1.16. The first-order chi connectivity index (χ1) is 7.75. The fraction of sp³-hybridized carbons (Fsp3) is 0.417. The second-order valence-electron chi connectivity index (χ2n) is 3.98. The fourth-order valence-electron chi connectivity index (χ4n) is 1.76. The van der Waals surface area contributed by atoms with Gasteiger partial charge in [0.15, 0.2) is 0 Å². The number of phenolic OH excluding ortho intramolecular Hbond substituents is 1. The normalized spacial score (nSPS) is 17.4. The van der Waals surface area contributed by atoms with Crippen molar-refractivity contribution in [3.63, 3.8) is 0 Å². The summed E-state index contributed by atoms with van der Waals surface area (Å²) in [6, 6.07) is 6.65. The van der Waals surface area contributed by atoms with Gasteiger partial charge in [-0.1, -0.05) is 12.1 Å². The number of benzene rings is 1. The first kappa shape index (κ1) is 11.0. The van der Waals surface area contributed by atoms with Crippen molar-refractivity contribution >= 4 is 6.34 Å². The van der Waals surface area contributed by atoms with Crippen LogP contribution in [0.2, 0.25) is 0 Å². The third-order valence-electron chi connectivity index (χ3n) is 2.66. The number of hydrogen-bond acceptors (Lipinski definition) is 4. The number of hydrogen-bond donors (Lipinski definition) is 2. The summed E-state index contributed by atoms with van der Waals surface area (Å²) in [6.07, 6.45) is 2.30.